The van der Waals surface area contributed by atoms with E-state index in [-0.39, 0.29) is 5.69 Å². The molecule has 0 radical (unpaired) electrons. The van der Waals surface area contributed by atoms with E-state index in [1.165, 1.54) is 0 Å². The smallest absolute Gasteiger partial charge is 0.321 e. The molecule has 0 spiro atoms. The molecule has 29 heavy (non-hydrogen) atoms. The summed E-state index contributed by atoms with van der Waals surface area (Å²) in [5, 5.41) is 14.9. The standard InChI is InChI=1S/C19H15BrN4O5/c1-29-19(27)14(15-17(25)23-13-5-3-2-4-12(13)22-15)16(24-28)18(26)21-11-8-6-10(20)7-9-11/h2-9,14,28H,1H3,(H,21,26)(H,23,25)/b24-16+/t14-/m1/s1. The first-order valence-corrected chi connectivity index (χ1v) is 9.09. The van der Waals surface area contributed by atoms with Crippen molar-refractivity contribution in [1.82, 2.24) is 9.97 Å². The van der Waals surface area contributed by atoms with Crippen LogP contribution in [0.5, 0.6) is 0 Å². The van der Waals surface area contributed by atoms with Crippen LogP contribution in [0.4, 0.5) is 5.69 Å². The van der Waals surface area contributed by atoms with Gasteiger partial charge in [0.25, 0.3) is 11.5 Å². The quantitative estimate of drug-likeness (QED) is 0.232. The van der Waals surface area contributed by atoms with Crippen molar-refractivity contribution < 1.29 is 19.5 Å². The lowest BCUT2D eigenvalue weighted by molar-refractivity contribution is -0.141. The van der Waals surface area contributed by atoms with Crippen LogP contribution >= 0.6 is 15.9 Å². The van der Waals surface area contributed by atoms with Crippen molar-refractivity contribution >= 4 is 50.2 Å². The third-order valence-electron chi connectivity index (χ3n) is 4.05. The van der Waals surface area contributed by atoms with Crippen LogP contribution in [0.25, 0.3) is 11.0 Å². The summed E-state index contributed by atoms with van der Waals surface area (Å²) in [5.41, 5.74) is -0.435. The van der Waals surface area contributed by atoms with Gasteiger partial charge < -0.3 is 20.2 Å². The van der Waals surface area contributed by atoms with Gasteiger partial charge in [-0.05, 0) is 36.4 Å². The minimum Gasteiger partial charge on any atom is -0.468 e. The topological polar surface area (TPSA) is 134 Å². The van der Waals surface area contributed by atoms with Crippen molar-refractivity contribution in [2.75, 3.05) is 12.4 Å². The van der Waals surface area contributed by atoms with Crippen LogP contribution in [0.1, 0.15) is 11.6 Å². The number of aromatic amines is 1. The molecule has 0 aliphatic carbocycles. The first-order valence-electron chi connectivity index (χ1n) is 8.30. The highest BCUT2D eigenvalue weighted by Gasteiger charge is 2.36. The van der Waals surface area contributed by atoms with Crippen molar-refractivity contribution in [2.45, 2.75) is 5.92 Å². The summed E-state index contributed by atoms with van der Waals surface area (Å²) in [6.45, 7) is 0. The van der Waals surface area contributed by atoms with Crippen LogP contribution in [0.15, 0.2) is 63.0 Å². The zero-order chi connectivity index (χ0) is 21.0. The lowest BCUT2D eigenvalue weighted by atomic mass is 9.98. The molecule has 1 heterocycles. The summed E-state index contributed by atoms with van der Waals surface area (Å²) in [5.74, 6) is -3.49. The number of aromatic nitrogens is 2. The predicted molar refractivity (Wildman–Crippen MR) is 109 cm³/mol. The fourth-order valence-electron chi connectivity index (χ4n) is 2.67. The Labute approximate surface area is 172 Å². The van der Waals surface area contributed by atoms with Crippen molar-refractivity contribution in [3.8, 4) is 0 Å². The first-order chi connectivity index (χ1) is 13.9. The molecule has 3 N–H and O–H groups in total. The number of fused-ring (bicyclic) bond motifs is 1. The molecule has 0 aliphatic heterocycles. The number of H-pyrrole nitrogens is 1. The number of hydrogen-bond donors (Lipinski definition) is 3. The molecular formula is C19H15BrN4O5. The Hall–Kier alpha value is -3.53. The van der Waals surface area contributed by atoms with Gasteiger partial charge >= 0.3 is 5.97 Å². The van der Waals surface area contributed by atoms with E-state index in [0.717, 1.165) is 11.6 Å². The van der Waals surface area contributed by atoms with Gasteiger partial charge in [-0.3, -0.25) is 14.4 Å². The lowest BCUT2D eigenvalue weighted by Crippen LogP contribution is -2.37. The second kappa shape index (κ2) is 8.65. The summed E-state index contributed by atoms with van der Waals surface area (Å²) in [7, 11) is 1.09. The lowest BCUT2D eigenvalue weighted by Gasteiger charge is -2.15. The molecule has 3 rings (SSSR count). The molecule has 10 heteroatoms. The summed E-state index contributed by atoms with van der Waals surface area (Å²) in [6, 6.07) is 13.3. The Kier molecular flexibility index (Phi) is 6.03. The second-order valence-electron chi connectivity index (χ2n) is 5.87. The van der Waals surface area contributed by atoms with E-state index >= 15 is 0 Å². The van der Waals surface area contributed by atoms with Gasteiger partial charge in [-0.2, -0.15) is 0 Å². The summed E-state index contributed by atoms with van der Waals surface area (Å²) in [6.07, 6.45) is 0. The van der Waals surface area contributed by atoms with Crippen LogP contribution in [0.2, 0.25) is 0 Å². The van der Waals surface area contributed by atoms with Gasteiger partial charge in [0.15, 0.2) is 11.6 Å². The largest absolute Gasteiger partial charge is 0.468 e. The van der Waals surface area contributed by atoms with E-state index in [9.17, 15) is 19.6 Å². The maximum Gasteiger partial charge on any atom is 0.321 e. The monoisotopic (exact) mass is 458 g/mol. The van der Waals surface area contributed by atoms with Crippen LogP contribution in [-0.2, 0) is 14.3 Å². The third-order valence-corrected chi connectivity index (χ3v) is 4.58. The van der Waals surface area contributed by atoms with E-state index in [2.05, 4.69) is 36.4 Å². The normalized spacial score (nSPS) is 12.4. The van der Waals surface area contributed by atoms with Gasteiger partial charge in [0.05, 0.1) is 18.1 Å². The van der Waals surface area contributed by atoms with Crippen molar-refractivity contribution in [3.05, 3.63) is 69.1 Å². The van der Waals surface area contributed by atoms with E-state index in [1.807, 2.05) is 0 Å². The van der Waals surface area contributed by atoms with Crippen molar-refractivity contribution in [2.24, 2.45) is 5.16 Å². The van der Waals surface area contributed by atoms with Gasteiger partial charge in [-0.25, -0.2) is 4.98 Å². The summed E-state index contributed by atoms with van der Waals surface area (Å²) in [4.78, 5) is 44.4. The maximum absolute atomic E-state index is 12.7. The average molecular weight is 459 g/mol. The molecule has 9 nitrogen and oxygen atoms in total. The highest BCUT2D eigenvalue weighted by molar-refractivity contribution is 9.10. The van der Waals surface area contributed by atoms with E-state index in [0.29, 0.717) is 16.7 Å². The first kappa shape index (κ1) is 20.2. The van der Waals surface area contributed by atoms with Crippen LogP contribution < -0.4 is 10.9 Å². The van der Waals surface area contributed by atoms with Crippen molar-refractivity contribution in [3.63, 3.8) is 0 Å². The number of oxime groups is 1. The Bertz CT molecular complexity index is 1160. The molecule has 0 unspecified atom stereocenters. The minimum absolute atomic E-state index is 0.325. The SMILES string of the molecule is COC(=O)[C@@H](/C(=N\O)C(=O)Nc1ccc(Br)cc1)c1nc2ccccc2[nH]c1=O. The third kappa shape index (κ3) is 4.32. The summed E-state index contributed by atoms with van der Waals surface area (Å²) >= 11 is 3.28. The zero-order valence-corrected chi connectivity index (χ0v) is 16.6. The highest BCUT2D eigenvalue weighted by Crippen LogP contribution is 2.19. The number of carbonyl (C=O) groups is 2. The van der Waals surface area contributed by atoms with Crippen LogP contribution in [-0.4, -0.2) is 39.9 Å². The molecule has 148 valence electrons. The number of rotatable bonds is 5. The Morgan fingerprint density at radius 1 is 1.21 bits per heavy atom. The number of anilines is 1. The van der Waals surface area contributed by atoms with Gasteiger partial charge in [0.1, 0.15) is 5.69 Å². The number of hydrogen-bond acceptors (Lipinski definition) is 7. The Balaban J connectivity index is 2.04. The Morgan fingerprint density at radius 2 is 1.90 bits per heavy atom. The van der Waals surface area contributed by atoms with E-state index in [1.54, 1.807) is 48.5 Å². The van der Waals surface area contributed by atoms with E-state index in [4.69, 9.17) is 4.74 Å². The zero-order valence-electron chi connectivity index (χ0n) is 15.0. The van der Waals surface area contributed by atoms with Crippen molar-refractivity contribution in [1.29, 1.82) is 0 Å². The molecule has 0 fully saturated rings. The number of esters is 1. The average Bonchev–Trinajstić information content (AvgIpc) is 2.72. The highest BCUT2D eigenvalue weighted by atomic mass is 79.9. The molecule has 0 saturated carbocycles. The van der Waals surface area contributed by atoms with Crippen LogP contribution in [0, 0.1) is 0 Å². The number of benzene rings is 2. The van der Waals surface area contributed by atoms with Crippen LogP contribution in [0.3, 0.4) is 0 Å². The molecule has 1 aromatic heterocycles. The molecule has 0 saturated heterocycles. The maximum atomic E-state index is 12.7. The number of methoxy groups -OCH3 is 1. The number of nitrogens with one attached hydrogen (secondary N) is 2. The molecule has 1 amide bonds. The molecule has 0 bridgehead atoms. The molecular weight excluding hydrogens is 444 g/mol. The number of para-hydroxylation sites is 2. The number of nitrogens with zero attached hydrogens (tertiary/aromatic N) is 2. The Morgan fingerprint density at radius 3 is 2.55 bits per heavy atom. The number of halogens is 1. The number of amides is 1. The van der Waals surface area contributed by atoms with Gasteiger partial charge in [-0.1, -0.05) is 33.2 Å². The molecule has 3 aromatic rings. The van der Waals surface area contributed by atoms with Gasteiger partial charge in [-0.15, -0.1) is 0 Å². The molecule has 1 atom stereocenters. The predicted octanol–water partition coefficient (Wildman–Crippen LogP) is 2.41. The van der Waals surface area contributed by atoms with Gasteiger partial charge in [0, 0.05) is 10.2 Å². The van der Waals surface area contributed by atoms with Gasteiger partial charge in [0.2, 0.25) is 0 Å². The second-order valence-corrected chi connectivity index (χ2v) is 6.79. The number of carbonyl (C=O) groups excluding carboxylic acids is 2. The fraction of sp³-hybridized carbons (Fsp3) is 0.105. The molecule has 2 aromatic carbocycles. The summed E-state index contributed by atoms with van der Waals surface area (Å²) < 4.78 is 5.52. The number of ether oxygens (including phenoxy) is 1. The minimum atomic E-state index is -1.63. The molecule has 0 aliphatic rings. The fourth-order valence-corrected chi connectivity index (χ4v) is 2.94. The van der Waals surface area contributed by atoms with E-state index < -0.39 is 29.1 Å².